The van der Waals surface area contributed by atoms with Crippen LogP contribution in [0.5, 0.6) is 0 Å². The van der Waals surface area contributed by atoms with Crippen LogP contribution in [0, 0.1) is 0 Å². The summed E-state index contributed by atoms with van der Waals surface area (Å²) in [5, 5.41) is 10.6. The lowest BCUT2D eigenvalue weighted by Crippen LogP contribution is -2.28. The molecule has 3 rings (SSSR count). The molecular formula is C17H17N5O. The summed E-state index contributed by atoms with van der Waals surface area (Å²) in [6.07, 6.45) is 5.51. The summed E-state index contributed by atoms with van der Waals surface area (Å²) in [4.78, 5) is 16.8. The van der Waals surface area contributed by atoms with Crippen LogP contribution in [0.1, 0.15) is 35.3 Å². The Balaban J connectivity index is 1.79. The lowest BCUT2D eigenvalue weighted by atomic mass is 10.0. The second-order valence-corrected chi connectivity index (χ2v) is 5.12. The van der Waals surface area contributed by atoms with Crippen molar-refractivity contribution in [1.82, 2.24) is 25.1 Å². The molecule has 0 aliphatic rings. The number of carbonyl (C=O) groups is 1. The van der Waals surface area contributed by atoms with E-state index in [9.17, 15) is 4.79 Å². The summed E-state index contributed by atoms with van der Waals surface area (Å²) < 4.78 is 1.66. The molecule has 0 saturated carbocycles. The van der Waals surface area contributed by atoms with Gasteiger partial charge in [0.15, 0.2) is 0 Å². The number of nitrogens with one attached hydrogen (secondary N) is 1. The van der Waals surface area contributed by atoms with E-state index in [1.54, 1.807) is 35.6 Å². The molecule has 0 aliphatic heterocycles. The molecule has 1 amide bonds. The zero-order valence-electron chi connectivity index (χ0n) is 12.8. The Morgan fingerprint density at radius 3 is 2.61 bits per heavy atom. The van der Waals surface area contributed by atoms with Gasteiger partial charge in [0.05, 0.1) is 6.04 Å². The third-order valence-corrected chi connectivity index (χ3v) is 3.61. The van der Waals surface area contributed by atoms with Crippen molar-refractivity contribution in [3.8, 4) is 5.82 Å². The quantitative estimate of drug-likeness (QED) is 0.786. The number of aromatic nitrogens is 4. The van der Waals surface area contributed by atoms with Crippen LogP contribution < -0.4 is 5.32 Å². The zero-order valence-corrected chi connectivity index (χ0v) is 12.8. The van der Waals surface area contributed by atoms with E-state index >= 15 is 0 Å². The van der Waals surface area contributed by atoms with Crippen LogP contribution in [0.25, 0.3) is 5.82 Å². The van der Waals surface area contributed by atoms with E-state index < -0.39 is 0 Å². The monoisotopic (exact) mass is 307 g/mol. The van der Waals surface area contributed by atoms with Crippen molar-refractivity contribution in [1.29, 1.82) is 0 Å². The molecule has 0 fully saturated rings. The summed E-state index contributed by atoms with van der Waals surface area (Å²) in [5.41, 5.74) is 1.65. The Labute approximate surface area is 134 Å². The Kier molecular flexibility index (Phi) is 4.42. The fraction of sp³-hybridized carbons (Fsp3) is 0.176. The molecule has 116 valence electrons. The van der Waals surface area contributed by atoms with Gasteiger partial charge in [0.25, 0.3) is 5.91 Å². The standard InChI is InChI=1S/C17H17N5O/c1-2-15(13-6-4-3-5-7-13)21-17(23)14-8-9-18-16(10-14)22-11-19-20-12-22/h3-12,15H,2H2,1H3,(H,21,23)/t15-/m0/s1. The molecule has 0 unspecified atom stereocenters. The molecule has 1 N–H and O–H groups in total. The first-order valence-electron chi connectivity index (χ1n) is 7.45. The van der Waals surface area contributed by atoms with E-state index in [0.717, 1.165) is 12.0 Å². The summed E-state index contributed by atoms with van der Waals surface area (Å²) in [6.45, 7) is 2.05. The number of rotatable bonds is 5. The van der Waals surface area contributed by atoms with E-state index in [-0.39, 0.29) is 11.9 Å². The summed E-state index contributed by atoms with van der Waals surface area (Å²) in [7, 11) is 0. The first-order valence-corrected chi connectivity index (χ1v) is 7.45. The van der Waals surface area contributed by atoms with Gasteiger partial charge >= 0.3 is 0 Å². The Morgan fingerprint density at radius 1 is 1.17 bits per heavy atom. The van der Waals surface area contributed by atoms with Crippen molar-refractivity contribution in [2.45, 2.75) is 19.4 Å². The predicted molar refractivity (Wildman–Crippen MR) is 86.1 cm³/mol. The third kappa shape index (κ3) is 3.42. The van der Waals surface area contributed by atoms with E-state index in [2.05, 4.69) is 20.5 Å². The molecule has 0 bridgehead atoms. The molecule has 0 aliphatic carbocycles. The normalized spacial score (nSPS) is 11.9. The minimum Gasteiger partial charge on any atom is -0.345 e. The van der Waals surface area contributed by atoms with E-state index in [4.69, 9.17) is 0 Å². The largest absolute Gasteiger partial charge is 0.345 e. The number of amides is 1. The maximum atomic E-state index is 12.5. The highest BCUT2D eigenvalue weighted by Gasteiger charge is 2.14. The van der Waals surface area contributed by atoms with Gasteiger partial charge in [-0.25, -0.2) is 4.98 Å². The molecule has 0 saturated heterocycles. The van der Waals surface area contributed by atoms with Gasteiger partial charge in [0.1, 0.15) is 18.5 Å². The highest BCUT2D eigenvalue weighted by Crippen LogP contribution is 2.17. The molecule has 1 atom stereocenters. The van der Waals surface area contributed by atoms with Gasteiger partial charge in [-0.05, 0) is 24.1 Å². The number of pyridine rings is 1. The summed E-state index contributed by atoms with van der Waals surface area (Å²) >= 11 is 0. The Bertz CT molecular complexity index is 771. The first-order chi connectivity index (χ1) is 11.3. The molecule has 6 heteroatoms. The summed E-state index contributed by atoms with van der Waals surface area (Å²) in [6, 6.07) is 13.3. The number of nitrogens with zero attached hydrogens (tertiary/aromatic N) is 4. The molecule has 2 heterocycles. The number of hydrogen-bond acceptors (Lipinski definition) is 4. The van der Waals surface area contributed by atoms with Crippen LogP contribution in [0.2, 0.25) is 0 Å². The molecule has 3 aromatic rings. The third-order valence-electron chi connectivity index (χ3n) is 3.61. The lowest BCUT2D eigenvalue weighted by molar-refractivity contribution is 0.0935. The van der Waals surface area contributed by atoms with Gasteiger partial charge in [-0.2, -0.15) is 0 Å². The van der Waals surface area contributed by atoms with E-state index in [1.165, 1.54) is 0 Å². The average Bonchev–Trinajstić information content (AvgIpc) is 3.15. The smallest absolute Gasteiger partial charge is 0.251 e. The van der Waals surface area contributed by atoms with Crippen molar-refractivity contribution in [2.75, 3.05) is 0 Å². The van der Waals surface area contributed by atoms with Crippen molar-refractivity contribution in [3.63, 3.8) is 0 Å². The Morgan fingerprint density at radius 2 is 1.91 bits per heavy atom. The second-order valence-electron chi connectivity index (χ2n) is 5.12. The van der Waals surface area contributed by atoms with Gasteiger partial charge in [0.2, 0.25) is 0 Å². The van der Waals surface area contributed by atoms with Gasteiger partial charge in [0, 0.05) is 11.8 Å². The minimum absolute atomic E-state index is 0.0183. The highest BCUT2D eigenvalue weighted by molar-refractivity contribution is 5.94. The highest BCUT2D eigenvalue weighted by atomic mass is 16.1. The maximum Gasteiger partial charge on any atom is 0.251 e. The van der Waals surface area contributed by atoms with E-state index in [0.29, 0.717) is 11.4 Å². The van der Waals surface area contributed by atoms with Crippen LogP contribution in [0.4, 0.5) is 0 Å². The molecular weight excluding hydrogens is 290 g/mol. The first kappa shape index (κ1) is 14.9. The topological polar surface area (TPSA) is 72.7 Å². The van der Waals surface area contributed by atoms with Crippen LogP contribution >= 0.6 is 0 Å². The number of benzene rings is 1. The molecule has 0 radical (unpaired) electrons. The van der Waals surface area contributed by atoms with Crippen molar-refractivity contribution in [3.05, 3.63) is 72.4 Å². The van der Waals surface area contributed by atoms with Crippen LogP contribution in [0.15, 0.2) is 61.3 Å². The SMILES string of the molecule is CC[C@H](NC(=O)c1ccnc(-n2cnnc2)c1)c1ccccc1. The van der Waals surface area contributed by atoms with Crippen LogP contribution in [-0.2, 0) is 0 Å². The predicted octanol–water partition coefficient (Wildman–Crippen LogP) is 2.54. The molecule has 2 aromatic heterocycles. The van der Waals surface area contributed by atoms with Gasteiger partial charge in [-0.3, -0.25) is 9.36 Å². The van der Waals surface area contributed by atoms with Crippen molar-refractivity contribution < 1.29 is 4.79 Å². The van der Waals surface area contributed by atoms with E-state index in [1.807, 2.05) is 37.3 Å². The zero-order chi connectivity index (χ0) is 16.1. The average molecular weight is 307 g/mol. The second kappa shape index (κ2) is 6.83. The maximum absolute atomic E-state index is 12.5. The lowest BCUT2D eigenvalue weighted by Gasteiger charge is -2.17. The number of hydrogen-bond donors (Lipinski definition) is 1. The minimum atomic E-state index is -0.127. The Hall–Kier alpha value is -3.02. The van der Waals surface area contributed by atoms with Crippen LogP contribution in [-0.4, -0.2) is 25.7 Å². The fourth-order valence-corrected chi connectivity index (χ4v) is 2.37. The molecule has 23 heavy (non-hydrogen) atoms. The van der Waals surface area contributed by atoms with Crippen molar-refractivity contribution in [2.24, 2.45) is 0 Å². The van der Waals surface area contributed by atoms with Gasteiger partial charge in [-0.15, -0.1) is 10.2 Å². The molecule has 6 nitrogen and oxygen atoms in total. The summed E-state index contributed by atoms with van der Waals surface area (Å²) in [5.74, 6) is 0.479. The molecule has 1 aromatic carbocycles. The fourth-order valence-electron chi connectivity index (χ4n) is 2.37. The van der Waals surface area contributed by atoms with Gasteiger partial charge < -0.3 is 5.32 Å². The molecule has 0 spiro atoms. The van der Waals surface area contributed by atoms with Crippen molar-refractivity contribution >= 4 is 5.91 Å². The number of carbonyl (C=O) groups excluding carboxylic acids is 1. The van der Waals surface area contributed by atoms with Gasteiger partial charge in [-0.1, -0.05) is 37.3 Å². The van der Waals surface area contributed by atoms with Crippen LogP contribution in [0.3, 0.4) is 0 Å².